The molecule has 2 aromatic carbocycles. The fraction of sp³-hybridized carbons (Fsp3) is 0.462. The highest BCUT2D eigenvalue weighted by Crippen LogP contribution is 2.41. The summed E-state index contributed by atoms with van der Waals surface area (Å²) in [6.45, 7) is 2.97. The Morgan fingerprint density at radius 2 is 1.83 bits per heavy atom. The van der Waals surface area contributed by atoms with E-state index in [2.05, 4.69) is 22.8 Å². The van der Waals surface area contributed by atoms with E-state index in [9.17, 15) is 14.0 Å². The monoisotopic (exact) mass is 485 g/mol. The molecule has 0 aromatic heterocycles. The zero-order valence-electron chi connectivity index (χ0n) is 19.9. The first-order chi connectivity index (χ1) is 17.0. The second-order valence-corrected chi connectivity index (χ2v) is 8.72. The van der Waals surface area contributed by atoms with E-state index in [0.717, 1.165) is 12.2 Å². The SMILES string of the molecule is COc1ccc([C@@H]2C[C@H]2NCCOC[C@H](NC(=O)c2ccc(F)cc2)C(=O)N2CCOCC2)cc1. The van der Waals surface area contributed by atoms with Crippen molar-refractivity contribution in [2.45, 2.75) is 24.4 Å². The summed E-state index contributed by atoms with van der Waals surface area (Å²) >= 11 is 0. The fourth-order valence-corrected chi connectivity index (χ4v) is 4.18. The van der Waals surface area contributed by atoms with Crippen LogP contribution in [0.2, 0.25) is 0 Å². The average molecular weight is 486 g/mol. The minimum absolute atomic E-state index is 0.0530. The predicted octanol–water partition coefficient (Wildman–Crippen LogP) is 1.95. The molecule has 9 heteroatoms. The van der Waals surface area contributed by atoms with E-state index in [0.29, 0.717) is 51.4 Å². The van der Waals surface area contributed by atoms with E-state index in [1.165, 1.54) is 29.8 Å². The number of carbonyl (C=O) groups excluding carboxylic acids is 2. The second kappa shape index (κ2) is 12.1. The molecule has 2 fully saturated rings. The molecule has 2 amide bonds. The lowest BCUT2D eigenvalue weighted by molar-refractivity contribution is -0.138. The number of ether oxygens (including phenoxy) is 3. The molecule has 2 N–H and O–H groups in total. The molecular formula is C26H32FN3O5. The molecule has 2 aromatic rings. The molecule has 1 aliphatic heterocycles. The Kier molecular flexibility index (Phi) is 8.68. The fourth-order valence-electron chi connectivity index (χ4n) is 4.18. The first-order valence-electron chi connectivity index (χ1n) is 11.9. The van der Waals surface area contributed by atoms with Gasteiger partial charge in [-0.05, 0) is 48.4 Å². The van der Waals surface area contributed by atoms with Crippen LogP contribution in [0.15, 0.2) is 48.5 Å². The summed E-state index contributed by atoms with van der Waals surface area (Å²) < 4.78 is 29.5. The van der Waals surface area contributed by atoms with Crippen LogP contribution in [0.1, 0.15) is 28.3 Å². The van der Waals surface area contributed by atoms with Crippen molar-refractivity contribution in [2.75, 3.05) is 53.2 Å². The summed E-state index contributed by atoms with van der Waals surface area (Å²) in [5, 5.41) is 6.23. The third kappa shape index (κ3) is 7.00. The van der Waals surface area contributed by atoms with Gasteiger partial charge in [-0.25, -0.2) is 4.39 Å². The number of methoxy groups -OCH3 is 1. The highest BCUT2D eigenvalue weighted by Gasteiger charge is 2.37. The van der Waals surface area contributed by atoms with E-state index in [4.69, 9.17) is 14.2 Å². The highest BCUT2D eigenvalue weighted by atomic mass is 19.1. The predicted molar refractivity (Wildman–Crippen MR) is 128 cm³/mol. The number of halogens is 1. The molecule has 0 unspecified atom stereocenters. The molecule has 1 aliphatic carbocycles. The molecule has 0 bridgehead atoms. The number of hydrogen-bond donors (Lipinski definition) is 2. The molecule has 188 valence electrons. The third-order valence-electron chi connectivity index (χ3n) is 6.30. The lowest BCUT2D eigenvalue weighted by Gasteiger charge is -2.30. The first-order valence-corrected chi connectivity index (χ1v) is 11.9. The van der Waals surface area contributed by atoms with Gasteiger partial charge < -0.3 is 29.7 Å². The van der Waals surface area contributed by atoms with Gasteiger partial charge in [0.15, 0.2) is 0 Å². The van der Waals surface area contributed by atoms with Crippen molar-refractivity contribution in [3.05, 3.63) is 65.5 Å². The molecule has 0 spiro atoms. The number of morpholine rings is 1. The lowest BCUT2D eigenvalue weighted by Crippen LogP contribution is -2.53. The molecule has 4 rings (SSSR count). The van der Waals surface area contributed by atoms with Crippen molar-refractivity contribution in [3.8, 4) is 5.75 Å². The minimum atomic E-state index is -0.835. The Morgan fingerprint density at radius 3 is 2.51 bits per heavy atom. The maximum absolute atomic E-state index is 13.2. The van der Waals surface area contributed by atoms with Gasteiger partial charge in [0.2, 0.25) is 5.91 Å². The normalized spacial score (nSPS) is 20.2. The number of nitrogens with one attached hydrogen (secondary N) is 2. The van der Waals surface area contributed by atoms with Crippen LogP contribution in [0.5, 0.6) is 5.75 Å². The molecule has 3 atom stereocenters. The smallest absolute Gasteiger partial charge is 0.251 e. The zero-order chi connectivity index (χ0) is 24.6. The van der Waals surface area contributed by atoms with Crippen molar-refractivity contribution in [2.24, 2.45) is 0 Å². The van der Waals surface area contributed by atoms with Gasteiger partial charge in [0.25, 0.3) is 5.91 Å². The number of nitrogens with zero attached hydrogens (tertiary/aromatic N) is 1. The van der Waals surface area contributed by atoms with Crippen LogP contribution in [0.3, 0.4) is 0 Å². The second-order valence-electron chi connectivity index (χ2n) is 8.72. The van der Waals surface area contributed by atoms with E-state index in [1.54, 1.807) is 12.0 Å². The number of rotatable bonds is 11. The van der Waals surface area contributed by atoms with Crippen LogP contribution >= 0.6 is 0 Å². The van der Waals surface area contributed by atoms with E-state index in [-0.39, 0.29) is 18.1 Å². The molecule has 1 saturated carbocycles. The summed E-state index contributed by atoms with van der Waals surface area (Å²) in [7, 11) is 1.66. The van der Waals surface area contributed by atoms with E-state index < -0.39 is 17.8 Å². The Bertz CT molecular complexity index is 979. The Morgan fingerprint density at radius 1 is 1.11 bits per heavy atom. The average Bonchev–Trinajstić information content (AvgIpc) is 3.68. The lowest BCUT2D eigenvalue weighted by atomic mass is 10.1. The highest BCUT2D eigenvalue weighted by molar-refractivity contribution is 5.97. The molecule has 1 heterocycles. The third-order valence-corrected chi connectivity index (χ3v) is 6.30. The van der Waals surface area contributed by atoms with E-state index in [1.807, 2.05) is 12.1 Å². The summed E-state index contributed by atoms with van der Waals surface area (Å²) in [6, 6.07) is 12.9. The van der Waals surface area contributed by atoms with Crippen LogP contribution in [0.4, 0.5) is 4.39 Å². The van der Waals surface area contributed by atoms with Gasteiger partial charge in [0, 0.05) is 37.2 Å². The van der Waals surface area contributed by atoms with E-state index >= 15 is 0 Å². The van der Waals surface area contributed by atoms with Gasteiger partial charge in [0.1, 0.15) is 17.6 Å². The molecule has 1 saturated heterocycles. The van der Waals surface area contributed by atoms with Crippen LogP contribution in [-0.4, -0.2) is 82.0 Å². The van der Waals surface area contributed by atoms with Gasteiger partial charge in [-0.3, -0.25) is 9.59 Å². The van der Waals surface area contributed by atoms with Crippen LogP contribution in [-0.2, 0) is 14.3 Å². The van der Waals surface area contributed by atoms with Gasteiger partial charge in [0.05, 0.1) is 33.5 Å². The van der Waals surface area contributed by atoms with Crippen LogP contribution in [0, 0.1) is 5.82 Å². The Balaban J connectivity index is 1.24. The first kappa shape index (κ1) is 25.1. The van der Waals surface area contributed by atoms with Gasteiger partial charge in [-0.15, -0.1) is 0 Å². The van der Waals surface area contributed by atoms with Gasteiger partial charge in [-0.2, -0.15) is 0 Å². The van der Waals surface area contributed by atoms with Crippen molar-refractivity contribution in [1.29, 1.82) is 0 Å². The van der Waals surface area contributed by atoms with Gasteiger partial charge >= 0.3 is 0 Å². The zero-order valence-corrected chi connectivity index (χ0v) is 19.9. The Labute approximate surface area is 204 Å². The summed E-state index contributed by atoms with van der Waals surface area (Å²) in [5.74, 6) is 0.243. The summed E-state index contributed by atoms with van der Waals surface area (Å²) in [4.78, 5) is 27.4. The number of hydrogen-bond acceptors (Lipinski definition) is 6. The largest absolute Gasteiger partial charge is 0.497 e. The topological polar surface area (TPSA) is 89.1 Å². The molecule has 8 nitrogen and oxygen atoms in total. The molecule has 0 radical (unpaired) electrons. The van der Waals surface area contributed by atoms with Crippen LogP contribution < -0.4 is 15.4 Å². The molecule has 35 heavy (non-hydrogen) atoms. The summed E-state index contributed by atoms with van der Waals surface area (Å²) in [6.07, 6.45) is 1.07. The van der Waals surface area contributed by atoms with Crippen molar-refractivity contribution in [1.82, 2.24) is 15.5 Å². The van der Waals surface area contributed by atoms with Crippen molar-refractivity contribution in [3.63, 3.8) is 0 Å². The number of amides is 2. The van der Waals surface area contributed by atoms with Gasteiger partial charge in [-0.1, -0.05) is 12.1 Å². The van der Waals surface area contributed by atoms with Crippen molar-refractivity contribution >= 4 is 11.8 Å². The van der Waals surface area contributed by atoms with Crippen LogP contribution in [0.25, 0.3) is 0 Å². The minimum Gasteiger partial charge on any atom is -0.497 e. The Hall–Kier alpha value is -3.01. The van der Waals surface area contributed by atoms with Crippen molar-refractivity contribution < 1.29 is 28.2 Å². The maximum atomic E-state index is 13.2. The number of benzene rings is 2. The quantitative estimate of drug-likeness (QED) is 0.473. The standard InChI is InChI=1S/C26H32FN3O5/c1-33-21-8-4-18(5-9-21)22-16-23(22)28-10-13-35-17-24(26(32)30-11-14-34-15-12-30)29-25(31)19-2-6-20(27)7-3-19/h2-9,22-24,28H,10-17H2,1H3,(H,29,31)/t22-,23+,24-/m0/s1. The molecule has 2 aliphatic rings. The maximum Gasteiger partial charge on any atom is 0.251 e. The number of carbonyl (C=O) groups is 2. The summed E-state index contributed by atoms with van der Waals surface area (Å²) in [5.41, 5.74) is 1.56. The molecular weight excluding hydrogens is 453 g/mol.